The summed E-state index contributed by atoms with van der Waals surface area (Å²) in [6, 6.07) is 17.1. The number of ether oxygens (including phenoxy) is 4. The molecule has 3 aromatic rings. The minimum absolute atomic E-state index is 0.0368. The average Bonchev–Trinajstić information content (AvgIpc) is 2.94. The molecule has 3 aromatic carbocycles. The molecule has 0 amide bonds. The van der Waals surface area contributed by atoms with Gasteiger partial charge in [-0.1, -0.05) is 50.1 Å². The third kappa shape index (κ3) is 8.37. The predicted molar refractivity (Wildman–Crippen MR) is 154 cm³/mol. The van der Waals surface area contributed by atoms with Gasteiger partial charge in [-0.15, -0.1) is 0 Å². The summed E-state index contributed by atoms with van der Waals surface area (Å²) in [6.45, 7) is 15.4. The van der Waals surface area contributed by atoms with E-state index in [1.54, 1.807) is 30.3 Å². The predicted octanol–water partition coefficient (Wildman–Crippen LogP) is 6.12. The molecule has 0 atom stereocenters. The largest absolute Gasteiger partial charge is 0.462 e. The monoisotopic (exact) mass is 554 g/mol. The first-order valence-corrected chi connectivity index (χ1v) is 12.6. The second-order valence-corrected chi connectivity index (χ2v) is 9.19. The maximum atomic E-state index is 12.8. The van der Waals surface area contributed by atoms with Crippen LogP contribution in [-0.4, -0.2) is 30.5 Å². The zero-order chi connectivity index (χ0) is 30.1. The first-order chi connectivity index (χ1) is 19.5. The maximum Gasteiger partial charge on any atom is 0.338 e. The Labute approximate surface area is 238 Å². The summed E-state index contributed by atoms with van der Waals surface area (Å²) in [5.74, 6) is -1.87. The Bertz CT molecular complexity index is 1530. The molecule has 0 saturated carbocycles. The fourth-order valence-corrected chi connectivity index (χ4v) is 3.53. The van der Waals surface area contributed by atoms with Gasteiger partial charge in [-0.3, -0.25) is 0 Å². The molecule has 0 aromatic heterocycles. The van der Waals surface area contributed by atoms with Crippen LogP contribution >= 0.6 is 0 Å². The first-order valence-electron chi connectivity index (χ1n) is 12.6. The Balaban J connectivity index is 1.66. The topological polar surface area (TPSA) is 105 Å². The Morgan fingerprint density at radius 3 is 1.95 bits per heavy atom. The molecule has 0 fully saturated rings. The normalized spacial score (nSPS) is 10.2. The van der Waals surface area contributed by atoms with Crippen LogP contribution in [0.5, 0.6) is 17.2 Å². The summed E-state index contributed by atoms with van der Waals surface area (Å²) in [4.78, 5) is 48.2. The molecule has 3 rings (SSSR count). The summed E-state index contributed by atoms with van der Waals surface area (Å²) in [6.07, 6.45) is 1.41. The smallest absolute Gasteiger partial charge is 0.338 e. The highest BCUT2D eigenvalue weighted by Gasteiger charge is 2.17. The molecule has 210 valence electrons. The summed E-state index contributed by atoms with van der Waals surface area (Å²) in [5.41, 5.74) is 3.96. The van der Waals surface area contributed by atoms with Crippen LogP contribution < -0.4 is 14.2 Å². The molecule has 0 unspecified atom stereocenters. The summed E-state index contributed by atoms with van der Waals surface area (Å²) < 4.78 is 21.2. The molecule has 8 nitrogen and oxygen atoms in total. The van der Waals surface area contributed by atoms with Gasteiger partial charge < -0.3 is 18.9 Å². The number of carbonyl (C=O) groups excluding carboxylic acids is 4. The van der Waals surface area contributed by atoms with Crippen molar-refractivity contribution in [2.75, 3.05) is 6.61 Å². The van der Waals surface area contributed by atoms with Gasteiger partial charge in [0, 0.05) is 23.6 Å². The summed E-state index contributed by atoms with van der Waals surface area (Å²) in [5, 5.41) is 0. The molecule has 0 bridgehead atoms. The Hall–Kier alpha value is -5.24. The third-order valence-electron chi connectivity index (χ3n) is 5.75. The molecule has 0 heterocycles. The molecule has 0 aliphatic carbocycles. The first kappa shape index (κ1) is 30.3. The van der Waals surface area contributed by atoms with E-state index in [1.165, 1.54) is 19.9 Å². The van der Waals surface area contributed by atoms with Gasteiger partial charge in [0.25, 0.3) is 0 Å². The average molecular weight is 555 g/mol. The van der Waals surface area contributed by atoms with Gasteiger partial charge in [0.2, 0.25) is 0 Å². The van der Waals surface area contributed by atoms with Crippen LogP contribution in [0.1, 0.15) is 35.3 Å². The summed E-state index contributed by atoms with van der Waals surface area (Å²) in [7, 11) is 0. The van der Waals surface area contributed by atoms with Crippen LogP contribution in [0.2, 0.25) is 0 Å². The Kier molecular flexibility index (Phi) is 10.1. The van der Waals surface area contributed by atoms with Crippen molar-refractivity contribution in [3.05, 3.63) is 114 Å². The zero-order valence-electron chi connectivity index (χ0n) is 23.2. The fraction of sp³-hybridized carbons (Fsp3) is 0.152. The minimum Gasteiger partial charge on any atom is -0.462 e. The molecular weight excluding hydrogens is 524 g/mol. The van der Waals surface area contributed by atoms with E-state index in [2.05, 4.69) is 19.7 Å². The van der Waals surface area contributed by atoms with Crippen molar-refractivity contribution in [3.8, 4) is 28.4 Å². The maximum absolute atomic E-state index is 12.8. The lowest BCUT2D eigenvalue weighted by atomic mass is 10.00. The van der Waals surface area contributed by atoms with Crippen molar-refractivity contribution >= 4 is 23.9 Å². The van der Waals surface area contributed by atoms with Crippen molar-refractivity contribution < 1.29 is 38.1 Å². The van der Waals surface area contributed by atoms with Crippen molar-refractivity contribution in [1.82, 2.24) is 0 Å². The second kappa shape index (κ2) is 13.7. The number of rotatable bonds is 11. The van der Waals surface area contributed by atoms with E-state index in [0.29, 0.717) is 23.3 Å². The van der Waals surface area contributed by atoms with Gasteiger partial charge >= 0.3 is 23.9 Å². The van der Waals surface area contributed by atoms with Crippen molar-refractivity contribution in [3.63, 3.8) is 0 Å². The van der Waals surface area contributed by atoms with Gasteiger partial charge in [-0.05, 0) is 73.4 Å². The highest BCUT2D eigenvalue weighted by molar-refractivity contribution is 5.92. The lowest BCUT2D eigenvalue weighted by Crippen LogP contribution is -2.13. The fourth-order valence-electron chi connectivity index (χ4n) is 3.53. The van der Waals surface area contributed by atoms with Crippen LogP contribution in [-0.2, 0) is 25.5 Å². The zero-order valence-corrected chi connectivity index (χ0v) is 23.2. The van der Waals surface area contributed by atoms with Gasteiger partial charge in [0.15, 0.2) is 11.5 Å². The van der Waals surface area contributed by atoms with Crippen LogP contribution in [0.15, 0.2) is 97.6 Å². The van der Waals surface area contributed by atoms with Crippen molar-refractivity contribution in [1.29, 1.82) is 0 Å². The Morgan fingerprint density at radius 2 is 1.37 bits per heavy atom. The molecule has 0 aliphatic rings. The lowest BCUT2D eigenvalue weighted by Gasteiger charge is -2.13. The van der Waals surface area contributed by atoms with Crippen LogP contribution in [0, 0.1) is 6.92 Å². The van der Waals surface area contributed by atoms with E-state index in [-0.39, 0.29) is 29.3 Å². The number of hydrogen-bond acceptors (Lipinski definition) is 8. The number of hydrogen-bond donors (Lipinski definition) is 0. The van der Waals surface area contributed by atoms with E-state index >= 15 is 0 Å². The highest BCUT2D eigenvalue weighted by Crippen LogP contribution is 2.30. The molecule has 8 heteroatoms. The SMILES string of the molecule is C=CC(=O)Oc1ccc(-c2ccc(C(=O)OCCc3ccc(OC(=O)C(=C)C)c(OC(=O)C(=C)C)c3)c(C)c2)cc1. The van der Waals surface area contributed by atoms with E-state index < -0.39 is 23.9 Å². The lowest BCUT2D eigenvalue weighted by molar-refractivity contribution is -0.132. The van der Waals surface area contributed by atoms with E-state index in [1.807, 2.05) is 31.2 Å². The second-order valence-electron chi connectivity index (χ2n) is 9.19. The van der Waals surface area contributed by atoms with E-state index in [0.717, 1.165) is 22.8 Å². The van der Waals surface area contributed by atoms with Gasteiger partial charge in [-0.2, -0.15) is 0 Å². The highest BCUT2D eigenvalue weighted by atomic mass is 16.6. The number of carbonyl (C=O) groups is 4. The number of aryl methyl sites for hydroxylation is 1. The van der Waals surface area contributed by atoms with Crippen molar-refractivity contribution in [2.45, 2.75) is 27.2 Å². The van der Waals surface area contributed by atoms with Gasteiger partial charge in [-0.25, -0.2) is 19.2 Å². The molecule has 0 spiro atoms. The standard InChI is InChI=1S/C33H30O8/c1-7-30(34)39-26-12-9-24(10-13-26)25-11-14-27(22(6)18-25)33(37)38-17-16-23-8-15-28(40-31(35)20(2)3)29(19-23)41-32(36)21(4)5/h7-15,18-19H,1-2,4,16-17H2,3,5-6H3. The summed E-state index contributed by atoms with van der Waals surface area (Å²) >= 11 is 0. The number of benzene rings is 3. The van der Waals surface area contributed by atoms with Gasteiger partial charge in [0.05, 0.1) is 12.2 Å². The minimum atomic E-state index is -0.674. The molecular formula is C33H30O8. The van der Waals surface area contributed by atoms with Crippen LogP contribution in [0.3, 0.4) is 0 Å². The van der Waals surface area contributed by atoms with E-state index in [9.17, 15) is 19.2 Å². The van der Waals surface area contributed by atoms with Crippen LogP contribution in [0.4, 0.5) is 0 Å². The van der Waals surface area contributed by atoms with Crippen LogP contribution in [0.25, 0.3) is 11.1 Å². The van der Waals surface area contributed by atoms with E-state index in [4.69, 9.17) is 18.9 Å². The van der Waals surface area contributed by atoms with Crippen molar-refractivity contribution in [2.24, 2.45) is 0 Å². The molecule has 0 aliphatic heterocycles. The molecule has 0 N–H and O–H groups in total. The Morgan fingerprint density at radius 1 is 0.756 bits per heavy atom. The molecule has 0 radical (unpaired) electrons. The van der Waals surface area contributed by atoms with Gasteiger partial charge in [0.1, 0.15) is 5.75 Å². The molecule has 0 saturated heterocycles. The third-order valence-corrected chi connectivity index (χ3v) is 5.75. The molecule has 41 heavy (non-hydrogen) atoms. The number of esters is 4. The quantitative estimate of drug-likeness (QED) is 0.159.